The molecule has 1 atom stereocenters. The Kier molecular flexibility index (Phi) is 7.89. The van der Waals surface area contributed by atoms with E-state index in [0.29, 0.717) is 0 Å². The van der Waals surface area contributed by atoms with E-state index in [9.17, 15) is 0 Å². The maximum Gasteiger partial charge on any atom is 0.0726 e. The number of fused-ring (bicyclic) bond motifs is 17. The highest BCUT2D eigenvalue weighted by atomic mass is 32.1. The van der Waals surface area contributed by atoms with E-state index in [1.165, 1.54) is 109 Å². The fourth-order valence-electron chi connectivity index (χ4n) is 12.1. The van der Waals surface area contributed by atoms with Crippen LogP contribution in [0.15, 0.2) is 224 Å². The van der Waals surface area contributed by atoms with Crippen molar-refractivity contribution < 1.29 is 0 Å². The highest BCUT2D eigenvalue weighted by Gasteiger charge is 2.52. The van der Waals surface area contributed by atoms with Crippen LogP contribution in [0.5, 0.6) is 0 Å². The SMILES string of the molecule is CC1(C)c2ccccc2-c2ccc(N(c3ccc(-c4ccccc4)cc3)c3ccc4c(c3)C3(c5cc(-c6ccccc6)ccc5-4)c4ccccc4-c4c3ccc3sc5ccccc5c43)cc21. The number of nitrogens with zero attached hydrogens (tertiary/aromatic N) is 1. The smallest absolute Gasteiger partial charge is 0.0726 e. The van der Waals surface area contributed by atoms with Gasteiger partial charge in [-0.1, -0.05) is 184 Å². The lowest BCUT2D eigenvalue weighted by molar-refractivity contribution is 0.660. The summed E-state index contributed by atoms with van der Waals surface area (Å²) in [5.74, 6) is 0. The van der Waals surface area contributed by atoms with Gasteiger partial charge in [0, 0.05) is 42.6 Å². The standard InChI is InChI=1S/C64H43NS/c1-63(2)53-22-12-9-19-47(53)48-33-30-45(38-56(48)63)65(44-28-25-42(26-29-44)40-15-5-3-6-16-40)46-31-34-50-49-32-27-43(41-17-7-4-8-18-41)37-57(49)64(58(50)39-46)54-23-13-10-20-51(54)61-55(64)35-36-60-62(61)52-21-11-14-24-59(52)66-60/h3-39H,1-2H3. The first kappa shape index (κ1) is 37.6. The third-order valence-corrected chi connectivity index (χ3v) is 16.2. The van der Waals surface area contributed by atoms with E-state index in [-0.39, 0.29) is 5.41 Å². The monoisotopic (exact) mass is 857 g/mol. The Balaban J connectivity index is 1.04. The van der Waals surface area contributed by atoms with Gasteiger partial charge in [-0.05, 0) is 144 Å². The number of benzene rings is 10. The Labute approximate surface area is 389 Å². The van der Waals surface area contributed by atoms with E-state index in [2.05, 4.69) is 243 Å². The molecule has 0 N–H and O–H groups in total. The van der Waals surface area contributed by atoms with Gasteiger partial charge < -0.3 is 4.90 Å². The van der Waals surface area contributed by atoms with Gasteiger partial charge >= 0.3 is 0 Å². The van der Waals surface area contributed by atoms with Gasteiger partial charge in [-0.3, -0.25) is 0 Å². The van der Waals surface area contributed by atoms with Gasteiger partial charge in [-0.25, -0.2) is 0 Å². The molecule has 3 aliphatic carbocycles. The molecule has 11 aromatic rings. The zero-order valence-electron chi connectivity index (χ0n) is 36.7. The number of rotatable bonds is 5. The molecule has 0 aliphatic heterocycles. The second kappa shape index (κ2) is 13.9. The van der Waals surface area contributed by atoms with Crippen molar-refractivity contribution in [2.24, 2.45) is 0 Å². The topological polar surface area (TPSA) is 3.24 Å². The Morgan fingerprint density at radius 2 is 0.848 bits per heavy atom. The molecule has 1 spiro atoms. The fourth-order valence-corrected chi connectivity index (χ4v) is 13.2. The van der Waals surface area contributed by atoms with Crippen LogP contribution < -0.4 is 4.90 Å². The van der Waals surface area contributed by atoms with Crippen LogP contribution in [-0.4, -0.2) is 0 Å². The molecule has 310 valence electrons. The van der Waals surface area contributed by atoms with E-state index < -0.39 is 5.41 Å². The highest BCUT2D eigenvalue weighted by molar-refractivity contribution is 7.26. The third kappa shape index (κ3) is 5.11. The molecule has 0 fully saturated rings. The van der Waals surface area contributed by atoms with Crippen molar-refractivity contribution in [3.63, 3.8) is 0 Å². The van der Waals surface area contributed by atoms with Crippen LogP contribution in [0.2, 0.25) is 0 Å². The molecule has 2 heteroatoms. The summed E-state index contributed by atoms with van der Waals surface area (Å²) in [6.07, 6.45) is 0. The van der Waals surface area contributed by atoms with E-state index in [0.717, 1.165) is 17.1 Å². The van der Waals surface area contributed by atoms with Crippen molar-refractivity contribution in [1.29, 1.82) is 0 Å². The van der Waals surface area contributed by atoms with Gasteiger partial charge in [0.1, 0.15) is 0 Å². The molecule has 66 heavy (non-hydrogen) atoms. The molecular formula is C64H43NS. The maximum absolute atomic E-state index is 2.54. The molecule has 3 aliphatic rings. The van der Waals surface area contributed by atoms with E-state index in [1.807, 2.05) is 11.3 Å². The molecule has 0 saturated heterocycles. The summed E-state index contributed by atoms with van der Waals surface area (Å²) < 4.78 is 2.66. The predicted octanol–water partition coefficient (Wildman–Crippen LogP) is 17.5. The van der Waals surface area contributed by atoms with Crippen LogP contribution in [0.1, 0.15) is 47.2 Å². The molecule has 0 radical (unpaired) electrons. The summed E-state index contributed by atoms with van der Waals surface area (Å²) in [6.45, 7) is 4.76. The number of anilines is 3. The van der Waals surface area contributed by atoms with Crippen molar-refractivity contribution in [2.45, 2.75) is 24.7 Å². The quantitative estimate of drug-likeness (QED) is 0.167. The normalized spacial score (nSPS) is 15.6. The first-order valence-corrected chi connectivity index (χ1v) is 23.9. The Morgan fingerprint density at radius 1 is 0.333 bits per heavy atom. The third-order valence-electron chi connectivity index (χ3n) is 15.1. The second-order valence-corrected chi connectivity index (χ2v) is 19.8. The fraction of sp³-hybridized carbons (Fsp3) is 0.0625. The van der Waals surface area contributed by atoms with Crippen LogP contribution in [-0.2, 0) is 10.8 Å². The molecule has 1 unspecified atom stereocenters. The van der Waals surface area contributed by atoms with Crippen molar-refractivity contribution in [3.05, 3.63) is 258 Å². The summed E-state index contributed by atoms with van der Waals surface area (Å²) in [4.78, 5) is 2.50. The number of hydrogen-bond donors (Lipinski definition) is 0. The summed E-state index contributed by atoms with van der Waals surface area (Å²) in [5, 5.41) is 2.70. The second-order valence-electron chi connectivity index (χ2n) is 18.8. The first-order valence-electron chi connectivity index (χ1n) is 23.1. The van der Waals surface area contributed by atoms with Crippen LogP contribution in [0.25, 0.3) is 75.8 Å². The van der Waals surface area contributed by atoms with Crippen LogP contribution in [0.4, 0.5) is 17.1 Å². The Bertz CT molecular complexity index is 3780. The van der Waals surface area contributed by atoms with Crippen molar-refractivity contribution >= 4 is 48.6 Å². The molecule has 1 aromatic heterocycles. The van der Waals surface area contributed by atoms with E-state index in [1.54, 1.807) is 0 Å². The van der Waals surface area contributed by atoms with Crippen molar-refractivity contribution in [1.82, 2.24) is 0 Å². The van der Waals surface area contributed by atoms with Crippen molar-refractivity contribution in [2.75, 3.05) is 4.90 Å². The van der Waals surface area contributed by atoms with Gasteiger partial charge in [-0.2, -0.15) is 0 Å². The molecule has 0 saturated carbocycles. The Hall–Kier alpha value is -7.78. The lowest BCUT2D eigenvalue weighted by atomic mass is 9.70. The molecule has 1 heterocycles. The van der Waals surface area contributed by atoms with Crippen LogP contribution in [0, 0.1) is 0 Å². The molecule has 10 aromatic carbocycles. The minimum absolute atomic E-state index is 0.140. The number of thiophene rings is 1. The van der Waals surface area contributed by atoms with Gasteiger partial charge in [0.15, 0.2) is 0 Å². The Morgan fingerprint density at radius 3 is 1.59 bits per heavy atom. The average Bonchev–Trinajstić information content (AvgIpc) is 4.06. The molecule has 0 amide bonds. The average molecular weight is 858 g/mol. The zero-order chi connectivity index (χ0) is 43.7. The molecule has 14 rings (SSSR count). The summed E-state index contributed by atoms with van der Waals surface area (Å²) >= 11 is 1.90. The minimum atomic E-state index is -0.557. The van der Waals surface area contributed by atoms with E-state index in [4.69, 9.17) is 0 Å². The molecule has 1 nitrogen and oxygen atoms in total. The largest absolute Gasteiger partial charge is 0.310 e. The summed E-state index contributed by atoms with van der Waals surface area (Å²) in [7, 11) is 0. The van der Waals surface area contributed by atoms with Crippen LogP contribution in [0.3, 0.4) is 0 Å². The van der Waals surface area contributed by atoms with Gasteiger partial charge in [0.2, 0.25) is 0 Å². The summed E-state index contributed by atoms with van der Waals surface area (Å²) in [5.41, 5.74) is 23.6. The molecular weight excluding hydrogens is 815 g/mol. The highest BCUT2D eigenvalue weighted by Crippen LogP contribution is 2.65. The minimum Gasteiger partial charge on any atom is -0.310 e. The first-order chi connectivity index (χ1) is 32.5. The van der Waals surface area contributed by atoms with Crippen LogP contribution >= 0.6 is 11.3 Å². The molecule has 0 bridgehead atoms. The lowest BCUT2D eigenvalue weighted by Gasteiger charge is -2.33. The van der Waals surface area contributed by atoms with E-state index >= 15 is 0 Å². The number of hydrogen-bond acceptors (Lipinski definition) is 2. The summed E-state index contributed by atoms with van der Waals surface area (Å²) in [6, 6.07) is 84.5. The van der Waals surface area contributed by atoms with Gasteiger partial charge in [0.25, 0.3) is 0 Å². The van der Waals surface area contributed by atoms with Crippen molar-refractivity contribution in [3.8, 4) is 55.6 Å². The zero-order valence-corrected chi connectivity index (χ0v) is 37.5. The van der Waals surface area contributed by atoms with Gasteiger partial charge in [0.05, 0.1) is 5.41 Å². The lowest BCUT2D eigenvalue weighted by Crippen LogP contribution is -2.26. The maximum atomic E-state index is 2.54. The van der Waals surface area contributed by atoms with Gasteiger partial charge in [-0.15, -0.1) is 11.3 Å². The predicted molar refractivity (Wildman–Crippen MR) is 279 cm³/mol.